The first-order valence-corrected chi connectivity index (χ1v) is 7.56. The lowest BCUT2D eigenvalue weighted by molar-refractivity contribution is 0.611. The van der Waals surface area contributed by atoms with Crippen molar-refractivity contribution < 1.29 is 4.39 Å². The van der Waals surface area contributed by atoms with Crippen LogP contribution in [-0.2, 0) is 0 Å². The van der Waals surface area contributed by atoms with Gasteiger partial charge in [-0.2, -0.15) is 5.10 Å². The fourth-order valence-corrected chi connectivity index (χ4v) is 2.61. The number of nitrogens with one attached hydrogen (secondary N) is 2. The van der Waals surface area contributed by atoms with Gasteiger partial charge >= 0.3 is 0 Å². The standard InChI is InChI=1S/C17H15FN6/c1-11(23-17-13-6-7-19-16(13)20-10-21-17)12-8-22-24(9-12)15-5-3-2-4-14(15)18/h2-11H,1H3,(H2,19,20,21,23). The number of anilines is 1. The predicted octanol–water partition coefficient (Wildman–Crippen LogP) is 3.46. The predicted molar refractivity (Wildman–Crippen MR) is 89.4 cm³/mol. The van der Waals surface area contributed by atoms with Crippen molar-refractivity contribution in [1.29, 1.82) is 0 Å². The van der Waals surface area contributed by atoms with Gasteiger partial charge in [-0.15, -0.1) is 0 Å². The van der Waals surface area contributed by atoms with Gasteiger partial charge in [0.2, 0.25) is 0 Å². The van der Waals surface area contributed by atoms with Crippen LogP contribution in [0.1, 0.15) is 18.5 Å². The number of halogens is 1. The van der Waals surface area contributed by atoms with Gasteiger partial charge in [0.05, 0.1) is 17.6 Å². The highest BCUT2D eigenvalue weighted by atomic mass is 19.1. The summed E-state index contributed by atoms with van der Waals surface area (Å²) in [6.07, 6.45) is 6.87. The molecule has 2 N–H and O–H groups in total. The van der Waals surface area contributed by atoms with Crippen LogP contribution in [-0.4, -0.2) is 24.7 Å². The second-order valence-electron chi connectivity index (χ2n) is 5.50. The van der Waals surface area contributed by atoms with Crippen molar-refractivity contribution in [2.45, 2.75) is 13.0 Å². The summed E-state index contributed by atoms with van der Waals surface area (Å²) in [6, 6.07) is 8.43. The molecule has 3 aromatic heterocycles. The Balaban J connectivity index is 1.61. The zero-order chi connectivity index (χ0) is 16.5. The molecule has 0 aliphatic carbocycles. The lowest BCUT2D eigenvalue weighted by Gasteiger charge is -2.13. The molecule has 0 aliphatic rings. The number of hydrogen-bond acceptors (Lipinski definition) is 4. The second-order valence-corrected chi connectivity index (χ2v) is 5.50. The maximum atomic E-state index is 13.9. The Bertz CT molecular complexity index is 989. The molecular weight excluding hydrogens is 307 g/mol. The topological polar surface area (TPSA) is 71.4 Å². The van der Waals surface area contributed by atoms with E-state index in [2.05, 4.69) is 25.4 Å². The maximum absolute atomic E-state index is 13.9. The lowest BCUT2D eigenvalue weighted by Crippen LogP contribution is -2.07. The van der Waals surface area contributed by atoms with E-state index in [0.29, 0.717) is 5.69 Å². The fraction of sp³-hybridized carbons (Fsp3) is 0.118. The lowest BCUT2D eigenvalue weighted by atomic mass is 10.2. The van der Waals surface area contributed by atoms with Gasteiger partial charge in [-0.25, -0.2) is 19.0 Å². The third-order valence-electron chi connectivity index (χ3n) is 3.91. The SMILES string of the molecule is CC(Nc1ncnc2[nH]ccc12)c1cnn(-c2ccccc2F)c1. The number of hydrogen-bond donors (Lipinski definition) is 2. The van der Waals surface area contributed by atoms with Crippen molar-refractivity contribution in [2.75, 3.05) is 5.32 Å². The molecule has 6 nitrogen and oxygen atoms in total. The van der Waals surface area contributed by atoms with Crippen molar-refractivity contribution >= 4 is 16.9 Å². The summed E-state index contributed by atoms with van der Waals surface area (Å²) in [7, 11) is 0. The molecule has 0 bridgehead atoms. The Morgan fingerprint density at radius 2 is 2.08 bits per heavy atom. The minimum absolute atomic E-state index is 0.0430. The van der Waals surface area contributed by atoms with Gasteiger partial charge < -0.3 is 10.3 Å². The Hall–Kier alpha value is -3.22. The van der Waals surface area contributed by atoms with E-state index in [9.17, 15) is 4.39 Å². The first-order valence-electron chi connectivity index (χ1n) is 7.56. The van der Waals surface area contributed by atoms with Gasteiger partial charge in [0.25, 0.3) is 0 Å². The van der Waals surface area contributed by atoms with Crippen molar-refractivity contribution in [3.8, 4) is 5.69 Å². The average molecular weight is 322 g/mol. The normalized spacial score (nSPS) is 12.4. The fourth-order valence-electron chi connectivity index (χ4n) is 2.61. The number of rotatable bonds is 4. The molecule has 0 saturated heterocycles. The van der Waals surface area contributed by atoms with E-state index in [1.54, 1.807) is 24.4 Å². The van der Waals surface area contributed by atoms with E-state index >= 15 is 0 Å². The molecule has 0 radical (unpaired) electrons. The zero-order valence-electron chi connectivity index (χ0n) is 12.9. The van der Waals surface area contributed by atoms with Crippen LogP contribution in [0.15, 0.2) is 55.2 Å². The quantitative estimate of drug-likeness (QED) is 0.603. The number of benzene rings is 1. The van der Waals surface area contributed by atoms with E-state index in [0.717, 1.165) is 22.4 Å². The summed E-state index contributed by atoms with van der Waals surface area (Å²) >= 11 is 0. The van der Waals surface area contributed by atoms with Crippen LogP contribution in [0.3, 0.4) is 0 Å². The molecule has 1 unspecified atom stereocenters. The van der Waals surface area contributed by atoms with E-state index in [1.165, 1.54) is 17.1 Å². The van der Waals surface area contributed by atoms with Crippen LogP contribution in [0.2, 0.25) is 0 Å². The number of H-pyrrole nitrogens is 1. The van der Waals surface area contributed by atoms with Crippen LogP contribution >= 0.6 is 0 Å². The monoisotopic (exact) mass is 322 g/mol. The molecule has 1 aromatic carbocycles. The van der Waals surface area contributed by atoms with Crippen molar-refractivity contribution in [3.63, 3.8) is 0 Å². The molecular formula is C17H15FN6. The number of nitrogens with zero attached hydrogens (tertiary/aromatic N) is 4. The number of para-hydroxylation sites is 1. The second kappa shape index (κ2) is 5.77. The molecule has 7 heteroatoms. The van der Waals surface area contributed by atoms with Crippen LogP contribution in [0.4, 0.5) is 10.2 Å². The summed E-state index contributed by atoms with van der Waals surface area (Å²) in [5.74, 6) is 0.435. The molecule has 1 atom stereocenters. The van der Waals surface area contributed by atoms with Crippen LogP contribution in [0, 0.1) is 5.82 Å². The van der Waals surface area contributed by atoms with E-state index in [1.807, 2.05) is 25.4 Å². The Kier molecular flexibility index (Phi) is 3.45. The highest BCUT2D eigenvalue weighted by Crippen LogP contribution is 2.24. The summed E-state index contributed by atoms with van der Waals surface area (Å²) in [5, 5.41) is 8.53. The van der Waals surface area contributed by atoms with E-state index in [4.69, 9.17) is 0 Å². The average Bonchev–Trinajstić information content (AvgIpc) is 3.25. The highest BCUT2D eigenvalue weighted by molar-refractivity contribution is 5.86. The molecule has 0 saturated carbocycles. The van der Waals surface area contributed by atoms with E-state index < -0.39 is 0 Å². The Labute approximate surface area is 137 Å². The number of fused-ring (bicyclic) bond motifs is 1. The first-order chi connectivity index (χ1) is 11.7. The maximum Gasteiger partial charge on any atom is 0.148 e. The summed E-state index contributed by atoms with van der Waals surface area (Å²) in [6.45, 7) is 2.00. The molecule has 4 rings (SSSR count). The molecule has 3 heterocycles. The summed E-state index contributed by atoms with van der Waals surface area (Å²) < 4.78 is 15.4. The first kappa shape index (κ1) is 14.4. The van der Waals surface area contributed by atoms with Crippen LogP contribution in [0.25, 0.3) is 16.7 Å². The van der Waals surface area contributed by atoms with Gasteiger partial charge in [0.15, 0.2) is 0 Å². The third kappa shape index (κ3) is 2.50. The Morgan fingerprint density at radius 1 is 1.21 bits per heavy atom. The van der Waals surface area contributed by atoms with Gasteiger partial charge in [-0.05, 0) is 25.1 Å². The molecule has 4 aromatic rings. The number of aromatic amines is 1. The third-order valence-corrected chi connectivity index (χ3v) is 3.91. The largest absolute Gasteiger partial charge is 0.363 e. The summed E-state index contributed by atoms with van der Waals surface area (Å²) in [4.78, 5) is 11.5. The van der Waals surface area contributed by atoms with Crippen molar-refractivity contribution in [1.82, 2.24) is 24.7 Å². The Morgan fingerprint density at radius 3 is 2.96 bits per heavy atom. The van der Waals surface area contributed by atoms with Gasteiger partial charge in [-0.1, -0.05) is 12.1 Å². The molecule has 0 amide bonds. The molecule has 0 aliphatic heterocycles. The minimum atomic E-state index is -0.308. The molecule has 0 fully saturated rings. The van der Waals surface area contributed by atoms with E-state index in [-0.39, 0.29) is 11.9 Å². The van der Waals surface area contributed by atoms with Crippen molar-refractivity contribution in [2.24, 2.45) is 0 Å². The molecule has 120 valence electrons. The smallest absolute Gasteiger partial charge is 0.148 e. The highest BCUT2D eigenvalue weighted by Gasteiger charge is 2.13. The summed E-state index contributed by atoms with van der Waals surface area (Å²) in [5.41, 5.74) is 2.13. The van der Waals surface area contributed by atoms with Gasteiger partial charge in [0.1, 0.15) is 29.3 Å². The van der Waals surface area contributed by atoms with Gasteiger partial charge in [-0.3, -0.25) is 0 Å². The molecule has 0 spiro atoms. The molecule has 24 heavy (non-hydrogen) atoms. The van der Waals surface area contributed by atoms with Crippen LogP contribution < -0.4 is 5.32 Å². The van der Waals surface area contributed by atoms with Gasteiger partial charge in [0, 0.05) is 18.0 Å². The minimum Gasteiger partial charge on any atom is -0.363 e. The zero-order valence-corrected chi connectivity index (χ0v) is 12.9. The number of aromatic nitrogens is 5. The van der Waals surface area contributed by atoms with Crippen molar-refractivity contribution in [3.05, 3.63) is 66.6 Å². The van der Waals surface area contributed by atoms with Crippen LogP contribution in [0.5, 0.6) is 0 Å².